The van der Waals surface area contributed by atoms with Gasteiger partial charge in [-0.2, -0.15) is 8.42 Å². The summed E-state index contributed by atoms with van der Waals surface area (Å²) in [7, 11) is -4.59. The number of aromatic hydroxyl groups is 2. The number of nitrogens with zero attached hydrogens (tertiary/aromatic N) is 1. The van der Waals surface area contributed by atoms with Crippen LogP contribution >= 0.6 is 0 Å². The Morgan fingerprint density at radius 1 is 0.737 bits per heavy atom. The van der Waals surface area contributed by atoms with Crippen LogP contribution in [0.1, 0.15) is 0 Å². The van der Waals surface area contributed by atoms with Crippen molar-refractivity contribution in [1.29, 1.82) is 0 Å². The molecular formula is C29H18N2O6S. The Morgan fingerprint density at radius 2 is 1.42 bits per heavy atom. The van der Waals surface area contributed by atoms with Gasteiger partial charge in [0.15, 0.2) is 0 Å². The number of phenolic OH excluding ortho intramolecular Hbond substituents is 2. The van der Waals surface area contributed by atoms with Crippen LogP contribution in [-0.2, 0) is 10.1 Å². The van der Waals surface area contributed by atoms with E-state index in [1.54, 1.807) is 18.2 Å². The van der Waals surface area contributed by atoms with E-state index in [9.17, 15) is 23.2 Å². The predicted molar refractivity (Wildman–Crippen MR) is 145 cm³/mol. The lowest BCUT2D eigenvalue weighted by Gasteiger charge is -2.10. The minimum absolute atomic E-state index is 0.0344. The number of furan rings is 1. The number of hydrogen-bond acceptors (Lipinski definition) is 6. The zero-order chi connectivity index (χ0) is 26.2. The number of para-hydroxylation sites is 2. The monoisotopic (exact) mass is 522 g/mol. The molecule has 2 heterocycles. The SMILES string of the molecule is O=S(=O)(O)c1cc2[nH]c(-c3cccc(-c4cccc5oc6ccccc6c45)c3O)nc2c2c(O)cccc12. The Kier molecular flexibility index (Phi) is 4.60. The highest BCUT2D eigenvalue weighted by Crippen LogP contribution is 2.44. The molecule has 0 bridgehead atoms. The van der Waals surface area contributed by atoms with Gasteiger partial charge in [0, 0.05) is 21.7 Å². The van der Waals surface area contributed by atoms with Crippen molar-refractivity contribution in [3.8, 4) is 34.0 Å². The minimum atomic E-state index is -4.59. The fraction of sp³-hybridized carbons (Fsp3) is 0. The maximum Gasteiger partial charge on any atom is 0.295 e. The predicted octanol–water partition coefficient (Wildman–Crippen LogP) is 6.61. The Labute approximate surface area is 215 Å². The van der Waals surface area contributed by atoms with E-state index in [-0.39, 0.29) is 38.5 Å². The summed E-state index contributed by atoms with van der Waals surface area (Å²) in [5.41, 5.74) is 3.72. The molecule has 2 aromatic heterocycles. The molecule has 0 saturated carbocycles. The van der Waals surface area contributed by atoms with Crippen LogP contribution in [0.4, 0.5) is 0 Å². The lowest BCUT2D eigenvalue weighted by Crippen LogP contribution is -1.99. The maximum atomic E-state index is 12.1. The van der Waals surface area contributed by atoms with Crippen LogP contribution in [0.3, 0.4) is 0 Å². The van der Waals surface area contributed by atoms with Crippen molar-refractivity contribution in [3.63, 3.8) is 0 Å². The number of aromatic nitrogens is 2. The fourth-order valence-electron chi connectivity index (χ4n) is 5.18. The third-order valence-electron chi connectivity index (χ3n) is 6.81. The first kappa shape index (κ1) is 22.3. The summed E-state index contributed by atoms with van der Waals surface area (Å²) in [4.78, 5) is 7.31. The standard InChI is InChI=1S/C29H18N2O6S/c32-21-11-4-9-18-24(38(34,35)36)14-20-27(26(18)21)31-29(30-20)19-10-3-8-16(28(19)33)15-7-5-13-23-25(15)17-6-1-2-12-22(17)37-23/h1-14,32-33H,(H,30,31)(H,34,35,36). The maximum absolute atomic E-state index is 12.1. The number of rotatable bonds is 3. The van der Waals surface area contributed by atoms with Gasteiger partial charge in [0.05, 0.1) is 16.5 Å². The molecule has 7 aromatic rings. The largest absolute Gasteiger partial charge is 0.507 e. The zero-order valence-electron chi connectivity index (χ0n) is 19.5. The second-order valence-electron chi connectivity index (χ2n) is 9.01. The molecule has 0 aliphatic carbocycles. The summed E-state index contributed by atoms with van der Waals surface area (Å²) in [6.45, 7) is 0. The van der Waals surface area contributed by atoms with Crippen LogP contribution in [0.5, 0.6) is 11.5 Å². The second-order valence-corrected chi connectivity index (χ2v) is 10.4. The number of aromatic amines is 1. The Morgan fingerprint density at radius 3 is 2.26 bits per heavy atom. The first-order valence-electron chi connectivity index (χ1n) is 11.7. The molecular weight excluding hydrogens is 504 g/mol. The molecule has 0 aliphatic rings. The van der Waals surface area contributed by atoms with E-state index in [4.69, 9.17) is 4.42 Å². The third kappa shape index (κ3) is 3.19. The zero-order valence-corrected chi connectivity index (χ0v) is 20.3. The normalized spacial score (nSPS) is 12.2. The van der Waals surface area contributed by atoms with Crippen molar-refractivity contribution in [3.05, 3.63) is 84.9 Å². The lowest BCUT2D eigenvalue weighted by atomic mass is 9.96. The van der Waals surface area contributed by atoms with Gasteiger partial charge >= 0.3 is 0 Å². The third-order valence-corrected chi connectivity index (χ3v) is 7.71. The molecule has 0 fully saturated rings. The first-order chi connectivity index (χ1) is 18.3. The van der Waals surface area contributed by atoms with Crippen LogP contribution in [0.2, 0.25) is 0 Å². The van der Waals surface area contributed by atoms with Gasteiger partial charge in [-0.05, 0) is 35.9 Å². The molecule has 38 heavy (non-hydrogen) atoms. The first-order valence-corrected chi connectivity index (χ1v) is 13.1. The van der Waals surface area contributed by atoms with Gasteiger partial charge in [-0.3, -0.25) is 4.55 Å². The quantitative estimate of drug-likeness (QED) is 0.192. The summed E-state index contributed by atoms with van der Waals surface area (Å²) < 4.78 is 40.0. The average molecular weight is 523 g/mol. The lowest BCUT2D eigenvalue weighted by molar-refractivity contribution is 0.478. The number of imidazole rings is 1. The molecule has 0 amide bonds. The van der Waals surface area contributed by atoms with Gasteiger partial charge in [-0.25, -0.2) is 4.98 Å². The average Bonchev–Trinajstić information content (AvgIpc) is 3.49. The van der Waals surface area contributed by atoms with Gasteiger partial charge in [0.25, 0.3) is 10.1 Å². The van der Waals surface area contributed by atoms with Gasteiger partial charge < -0.3 is 19.6 Å². The number of nitrogens with one attached hydrogen (secondary N) is 1. The van der Waals surface area contributed by atoms with Crippen molar-refractivity contribution >= 4 is 53.9 Å². The van der Waals surface area contributed by atoms with E-state index >= 15 is 0 Å². The molecule has 7 rings (SSSR count). The topological polar surface area (TPSA) is 137 Å². The molecule has 0 saturated heterocycles. The molecule has 0 radical (unpaired) electrons. The summed E-state index contributed by atoms with van der Waals surface area (Å²) in [6.07, 6.45) is 0. The van der Waals surface area contributed by atoms with Crippen molar-refractivity contribution in [2.45, 2.75) is 4.90 Å². The summed E-state index contributed by atoms with van der Waals surface area (Å²) >= 11 is 0. The molecule has 0 spiro atoms. The highest BCUT2D eigenvalue weighted by molar-refractivity contribution is 7.86. The van der Waals surface area contributed by atoms with Gasteiger partial charge in [0.1, 0.15) is 38.9 Å². The second kappa shape index (κ2) is 7.82. The van der Waals surface area contributed by atoms with Crippen molar-refractivity contribution in [1.82, 2.24) is 9.97 Å². The molecule has 5 aromatic carbocycles. The molecule has 0 unspecified atom stereocenters. The summed E-state index contributed by atoms with van der Waals surface area (Å²) in [6, 6.07) is 24.3. The molecule has 0 atom stereocenters. The summed E-state index contributed by atoms with van der Waals surface area (Å²) in [5.74, 6) is 0.0426. The van der Waals surface area contributed by atoms with Gasteiger partial charge in [-0.1, -0.05) is 54.6 Å². The van der Waals surface area contributed by atoms with Crippen molar-refractivity contribution in [2.24, 2.45) is 0 Å². The molecule has 9 heteroatoms. The Hall–Kier alpha value is -4.86. The molecule has 4 N–H and O–H groups in total. The molecule has 8 nitrogen and oxygen atoms in total. The van der Waals surface area contributed by atoms with Crippen LogP contribution in [0, 0.1) is 0 Å². The van der Waals surface area contributed by atoms with Crippen LogP contribution in [0.25, 0.3) is 66.3 Å². The number of fused-ring (bicyclic) bond motifs is 6. The van der Waals surface area contributed by atoms with Gasteiger partial charge in [0.2, 0.25) is 0 Å². The number of hydrogen-bond donors (Lipinski definition) is 4. The number of benzene rings is 5. The van der Waals surface area contributed by atoms with Crippen molar-refractivity contribution in [2.75, 3.05) is 0 Å². The number of H-pyrrole nitrogens is 1. The smallest absolute Gasteiger partial charge is 0.295 e. The fourth-order valence-corrected chi connectivity index (χ4v) is 5.89. The summed E-state index contributed by atoms with van der Waals surface area (Å²) in [5, 5.41) is 24.1. The highest BCUT2D eigenvalue weighted by Gasteiger charge is 2.23. The minimum Gasteiger partial charge on any atom is -0.507 e. The molecule has 0 aliphatic heterocycles. The van der Waals surface area contributed by atoms with Crippen LogP contribution in [0.15, 0.2) is 94.2 Å². The van der Waals surface area contributed by atoms with E-state index < -0.39 is 10.1 Å². The van der Waals surface area contributed by atoms with E-state index in [0.29, 0.717) is 22.2 Å². The highest BCUT2D eigenvalue weighted by atomic mass is 32.2. The number of phenols is 2. The van der Waals surface area contributed by atoms with Gasteiger partial charge in [-0.15, -0.1) is 0 Å². The van der Waals surface area contributed by atoms with Crippen LogP contribution in [-0.4, -0.2) is 33.2 Å². The van der Waals surface area contributed by atoms with E-state index in [2.05, 4.69) is 9.97 Å². The van der Waals surface area contributed by atoms with E-state index in [0.717, 1.165) is 21.9 Å². The Bertz CT molecular complexity index is 2190. The Balaban J connectivity index is 1.49. The molecule has 186 valence electrons. The van der Waals surface area contributed by atoms with E-state index in [1.165, 1.54) is 24.3 Å². The van der Waals surface area contributed by atoms with E-state index in [1.807, 2.05) is 42.5 Å². The van der Waals surface area contributed by atoms with Crippen LogP contribution < -0.4 is 0 Å². The van der Waals surface area contributed by atoms with Crippen molar-refractivity contribution < 1.29 is 27.6 Å².